The average Bonchev–Trinajstić information content (AvgIpc) is 2.64. The van der Waals surface area contributed by atoms with Gasteiger partial charge in [0, 0.05) is 12.1 Å². The summed E-state index contributed by atoms with van der Waals surface area (Å²) in [5.74, 6) is 1.74. The van der Waals surface area contributed by atoms with E-state index < -0.39 is 0 Å². The highest BCUT2D eigenvalue weighted by Gasteiger charge is 2.26. The van der Waals surface area contributed by atoms with Gasteiger partial charge in [0.1, 0.15) is 11.5 Å². The van der Waals surface area contributed by atoms with E-state index in [2.05, 4.69) is 62.6 Å². The third-order valence-electron chi connectivity index (χ3n) is 4.31. The molecule has 0 unspecified atom stereocenters. The summed E-state index contributed by atoms with van der Waals surface area (Å²) in [5, 5.41) is 7.46. The van der Waals surface area contributed by atoms with E-state index in [1.807, 2.05) is 24.3 Å². The van der Waals surface area contributed by atoms with E-state index in [0.29, 0.717) is 12.1 Å². The summed E-state index contributed by atoms with van der Waals surface area (Å²) in [4.78, 5) is 0. The highest BCUT2D eigenvalue weighted by molar-refractivity contribution is 5.34. The van der Waals surface area contributed by atoms with Gasteiger partial charge in [-0.25, -0.2) is 0 Å². The quantitative estimate of drug-likeness (QED) is 0.695. The fourth-order valence-electron chi connectivity index (χ4n) is 3.11. The van der Waals surface area contributed by atoms with Crippen LogP contribution in [0.3, 0.4) is 0 Å². The Kier molecular flexibility index (Phi) is 7.49. The van der Waals surface area contributed by atoms with E-state index in [4.69, 9.17) is 9.47 Å². The molecule has 0 amide bonds. The highest BCUT2D eigenvalue weighted by Crippen LogP contribution is 2.32. The van der Waals surface area contributed by atoms with Gasteiger partial charge in [-0.3, -0.25) is 0 Å². The minimum atomic E-state index is 0.136. The monoisotopic (exact) mass is 356 g/mol. The molecular formula is C22H32N2O2. The fourth-order valence-corrected chi connectivity index (χ4v) is 3.11. The van der Waals surface area contributed by atoms with Crippen LogP contribution in [-0.4, -0.2) is 26.3 Å². The number of rotatable bonds is 9. The molecule has 2 N–H and O–H groups in total. The maximum absolute atomic E-state index is 5.32. The zero-order valence-electron chi connectivity index (χ0n) is 16.7. The van der Waals surface area contributed by atoms with Gasteiger partial charge in [-0.2, -0.15) is 0 Å². The van der Waals surface area contributed by atoms with E-state index in [1.54, 1.807) is 14.2 Å². The van der Waals surface area contributed by atoms with E-state index in [9.17, 15) is 0 Å². The smallest absolute Gasteiger partial charge is 0.118 e. The van der Waals surface area contributed by atoms with Crippen molar-refractivity contribution in [3.63, 3.8) is 0 Å². The van der Waals surface area contributed by atoms with Gasteiger partial charge in [-0.05, 0) is 35.4 Å². The predicted molar refractivity (Wildman–Crippen MR) is 108 cm³/mol. The first kappa shape index (κ1) is 20.3. The Morgan fingerprint density at radius 1 is 0.577 bits per heavy atom. The molecule has 0 spiro atoms. The molecular weight excluding hydrogens is 324 g/mol. The number of hydrogen-bond acceptors (Lipinski definition) is 4. The van der Waals surface area contributed by atoms with Gasteiger partial charge in [0.05, 0.1) is 26.3 Å². The van der Waals surface area contributed by atoms with Gasteiger partial charge < -0.3 is 20.1 Å². The molecule has 0 bridgehead atoms. The summed E-state index contributed by atoms with van der Waals surface area (Å²) < 4.78 is 10.6. The molecule has 0 radical (unpaired) electrons. The van der Waals surface area contributed by atoms with Gasteiger partial charge in [0.15, 0.2) is 0 Å². The van der Waals surface area contributed by atoms with Crippen LogP contribution in [0.2, 0.25) is 0 Å². The van der Waals surface area contributed by atoms with Crippen molar-refractivity contribution in [3.8, 4) is 11.5 Å². The second-order valence-corrected chi connectivity index (χ2v) is 7.14. The normalized spacial score (nSPS) is 13.7. The zero-order chi connectivity index (χ0) is 19.1. The van der Waals surface area contributed by atoms with Gasteiger partial charge >= 0.3 is 0 Å². The first-order valence-electron chi connectivity index (χ1n) is 9.24. The number of ether oxygens (including phenoxy) is 2. The van der Waals surface area contributed by atoms with Gasteiger partial charge in [-0.15, -0.1) is 0 Å². The van der Waals surface area contributed by atoms with Crippen molar-refractivity contribution in [2.75, 3.05) is 14.2 Å². The molecule has 0 saturated heterocycles. The minimum Gasteiger partial charge on any atom is -0.497 e. The standard InChI is InChI=1S/C22H32N2O2/c1-15(2)23-21(17-7-11-19(25-5)12-8-17)22(24-16(3)4)18-9-13-20(26-6)14-10-18/h7-16,21-24H,1-6H3/t21-,22-/m0/s1. The van der Waals surface area contributed by atoms with Crippen LogP contribution in [0.4, 0.5) is 0 Å². The van der Waals surface area contributed by atoms with Gasteiger partial charge in [0.25, 0.3) is 0 Å². The Bertz CT molecular complexity index is 591. The maximum Gasteiger partial charge on any atom is 0.118 e. The molecule has 4 heteroatoms. The summed E-state index contributed by atoms with van der Waals surface area (Å²) in [7, 11) is 3.39. The Hall–Kier alpha value is -2.04. The van der Waals surface area contributed by atoms with Crippen molar-refractivity contribution >= 4 is 0 Å². The highest BCUT2D eigenvalue weighted by atomic mass is 16.5. The molecule has 2 rings (SSSR count). The lowest BCUT2D eigenvalue weighted by atomic mass is 9.92. The van der Waals surface area contributed by atoms with E-state index in [0.717, 1.165) is 11.5 Å². The molecule has 0 fully saturated rings. The van der Waals surface area contributed by atoms with Crippen LogP contribution in [0.1, 0.15) is 50.9 Å². The van der Waals surface area contributed by atoms with Gasteiger partial charge in [0.2, 0.25) is 0 Å². The molecule has 26 heavy (non-hydrogen) atoms. The summed E-state index contributed by atoms with van der Waals surface area (Å²) in [6.45, 7) is 8.71. The molecule has 0 aliphatic carbocycles. The summed E-state index contributed by atoms with van der Waals surface area (Å²) in [5.41, 5.74) is 2.46. The Morgan fingerprint density at radius 3 is 1.12 bits per heavy atom. The lowest BCUT2D eigenvalue weighted by Crippen LogP contribution is -2.40. The van der Waals surface area contributed by atoms with E-state index in [-0.39, 0.29) is 12.1 Å². The number of methoxy groups -OCH3 is 2. The number of benzene rings is 2. The number of hydrogen-bond donors (Lipinski definition) is 2. The second kappa shape index (κ2) is 9.60. The molecule has 0 aliphatic rings. The maximum atomic E-state index is 5.32. The SMILES string of the molecule is COc1ccc([C@H](NC(C)C)[C@@H](NC(C)C)c2ccc(OC)cc2)cc1. The number of nitrogens with one attached hydrogen (secondary N) is 2. The average molecular weight is 357 g/mol. The Morgan fingerprint density at radius 2 is 0.885 bits per heavy atom. The van der Waals surface area contributed by atoms with Crippen LogP contribution in [0.15, 0.2) is 48.5 Å². The molecule has 0 saturated carbocycles. The lowest BCUT2D eigenvalue weighted by Gasteiger charge is -2.33. The van der Waals surface area contributed by atoms with Gasteiger partial charge in [-0.1, -0.05) is 52.0 Å². The van der Waals surface area contributed by atoms with Crippen molar-refractivity contribution < 1.29 is 9.47 Å². The predicted octanol–water partition coefficient (Wildman–Crippen LogP) is 4.48. The zero-order valence-corrected chi connectivity index (χ0v) is 16.7. The van der Waals surface area contributed by atoms with Crippen LogP contribution in [0.25, 0.3) is 0 Å². The van der Waals surface area contributed by atoms with E-state index >= 15 is 0 Å². The molecule has 2 aromatic rings. The Balaban J connectivity index is 2.41. The molecule has 142 valence electrons. The van der Waals surface area contributed by atoms with Crippen LogP contribution >= 0.6 is 0 Å². The summed E-state index contributed by atoms with van der Waals surface area (Å²) >= 11 is 0. The molecule has 4 nitrogen and oxygen atoms in total. The van der Waals surface area contributed by atoms with Crippen LogP contribution in [-0.2, 0) is 0 Å². The Labute approximate surface area is 157 Å². The van der Waals surface area contributed by atoms with Crippen LogP contribution in [0.5, 0.6) is 11.5 Å². The molecule has 0 aliphatic heterocycles. The van der Waals surface area contributed by atoms with Crippen molar-refractivity contribution in [2.24, 2.45) is 0 Å². The van der Waals surface area contributed by atoms with Crippen molar-refractivity contribution in [3.05, 3.63) is 59.7 Å². The molecule has 0 aromatic heterocycles. The van der Waals surface area contributed by atoms with Crippen molar-refractivity contribution in [2.45, 2.75) is 51.9 Å². The first-order chi connectivity index (χ1) is 12.4. The van der Waals surface area contributed by atoms with Crippen molar-refractivity contribution in [1.82, 2.24) is 10.6 Å². The van der Waals surface area contributed by atoms with E-state index in [1.165, 1.54) is 11.1 Å². The molecule has 0 heterocycles. The third kappa shape index (κ3) is 5.48. The summed E-state index contributed by atoms with van der Waals surface area (Å²) in [6.07, 6.45) is 0. The molecule has 2 aromatic carbocycles. The van der Waals surface area contributed by atoms with Crippen LogP contribution in [0, 0.1) is 0 Å². The van der Waals surface area contributed by atoms with Crippen LogP contribution < -0.4 is 20.1 Å². The first-order valence-corrected chi connectivity index (χ1v) is 9.24. The van der Waals surface area contributed by atoms with Crippen molar-refractivity contribution in [1.29, 1.82) is 0 Å². The molecule has 2 atom stereocenters. The summed E-state index contributed by atoms with van der Waals surface area (Å²) in [6, 6.07) is 17.6. The minimum absolute atomic E-state index is 0.136. The lowest BCUT2D eigenvalue weighted by molar-refractivity contribution is 0.340. The fraction of sp³-hybridized carbons (Fsp3) is 0.455. The second-order valence-electron chi connectivity index (χ2n) is 7.14. The third-order valence-corrected chi connectivity index (χ3v) is 4.31. The largest absolute Gasteiger partial charge is 0.497 e. The topological polar surface area (TPSA) is 42.5 Å².